The minimum atomic E-state index is 0. The molecule has 0 atom stereocenters. The Kier molecular flexibility index (Phi) is 11.6. The molecule has 0 aliphatic heterocycles. The summed E-state index contributed by atoms with van der Waals surface area (Å²) in [6, 6.07) is 61.5. The Balaban J connectivity index is 0.00000242. The molecule has 0 fully saturated rings. The van der Waals surface area contributed by atoms with Gasteiger partial charge in [-0.3, -0.25) is 0 Å². The molecule has 0 unspecified atom stereocenters. The van der Waals surface area contributed by atoms with E-state index in [1.807, 2.05) is 114 Å². The number of benzene rings is 6. The maximum atomic E-state index is 6.42. The Bertz CT molecular complexity index is 2850. The Morgan fingerprint density at radius 2 is 0.864 bits per heavy atom. The predicted octanol–water partition coefficient (Wildman–Crippen LogP) is 11.2. The van der Waals surface area contributed by atoms with Crippen LogP contribution in [-0.2, 0) is 42.1 Å². The number of aromatic nitrogens is 6. The molecule has 0 aliphatic carbocycles. The fourth-order valence-electron chi connectivity index (χ4n) is 6.96. The maximum Gasteiger partial charge on any atom is 2.00 e. The molecule has 10 aromatic rings. The van der Waals surface area contributed by atoms with Crippen LogP contribution in [0.1, 0.15) is 0 Å². The summed E-state index contributed by atoms with van der Waals surface area (Å²) in [7, 11) is 0. The van der Waals surface area contributed by atoms with Gasteiger partial charge >= 0.3 is 42.1 Å². The second kappa shape index (κ2) is 17.5. The van der Waals surface area contributed by atoms with E-state index in [0.717, 1.165) is 55.5 Å². The second-order valence-corrected chi connectivity index (χ2v) is 13.0. The first kappa shape index (κ1) is 39.2. The van der Waals surface area contributed by atoms with Crippen LogP contribution in [0.4, 0.5) is 0 Å². The van der Waals surface area contributed by atoms with Gasteiger partial charge in [-0.2, -0.15) is 22.9 Å². The van der Waals surface area contributed by atoms with Gasteiger partial charge in [0.25, 0.3) is 0 Å². The number of ether oxygens (including phenoxy) is 2. The summed E-state index contributed by atoms with van der Waals surface area (Å²) in [5.41, 5.74) is 8.83. The zero-order chi connectivity index (χ0) is 38.0. The van der Waals surface area contributed by atoms with E-state index >= 15 is 0 Å². The molecule has 59 heavy (non-hydrogen) atoms. The van der Waals surface area contributed by atoms with Crippen LogP contribution in [0.2, 0.25) is 0 Å². The van der Waals surface area contributed by atoms with E-state index in [4.69, 9.17) is 19.4 Å². The van der Waals surface area contributed by atoms with Crippen molar-refractivity contribution in [3.63, 3.8) is 0 Å². The third kappa shape index (κ3) is 7.98. The van der Waals surface area contributed by atoms with Gasteiger partial charge in [0.15, 0.2) is 0 Å². The van der Waals surface area contributed by atoms with Gasteiger partial charge in [0.1, 0.15) is 12.7 Å². The molecule has 6 aromatic carbocycles. The zero-order valence-electron chi connectivity index (χ0n) is 30.8. The summed E-state index contributed by atoms with van der Waals surface area (Å²) in [6.45, 7) is 0. The van der Waals surface area contributed by atoms with E-state index in [9.17, 15) is 0 Å². The van der Waals surface area contributed by atoms with Gasteiger partial charge in [-0.15, -0.1) is 71.8 Å². The average Bonchev–Trinajstić information content (AvgIpc) is 3.60. The quantitative estimate of drug-likeness (QED) is 0.133. The summed E-state index contributed by atoms with van der Waals surface area (Å²) in [5.74, 6) is 2.44. The van der Waals surface area contributed by atoms with Crippen LogP contribution < -0.4 is 9.47 Å². The minimum Gasteiger partial charge on any atom is -0.503 e. The fourth-order valence-corrected chi connectivity index (χ4v) is 6.96. The third-order valence-corrected chi connectivity index (χ3v) is 9.49. The summed E-state index contributed by atoms with van der Waals surface area (Å²) in [5, 5.41) is 1.83. The number of fused-ring (bicyclic) bond motifs is 3. The third-order valence-electron chi connectivity index (χ3n) is 9.49. The molecule has 0 N–H and O–H groups in total. The van der Waals surface area contributed by atoms with Crippen molar-refractivity contribution in [1.29, 1.82) is 0 Å². The van der Waals surface area contributed by atoms with E-state index in [0.29, 0.717) is 40.0 Å². The number of pyridine rings is 2. The normalized spacial score (nSPS) is 10.8. The van der Waals surface area contributed by atoms with E-state index in [1.54, 1.807) is 12.4 Å². The van der Waals surface area contributed by atoms with Gasteiger partial charge in [0, 0.05) is 35.4 Å². The zero-order valence-corrected chi connectivity index (χ0v) is 35.3. The molecule has 286 valence electrons. The van der Waals surface area contributed by atoms with Crippen molar-refractivity contribution in [2.75, 3.05) is 0 Å². The molecule has 4 aromatic heterocycles. The molecule has 10 heteroatoms. The fraction of sp³-hybridized carbons (Fsp3) is 0. The molecule has 0 amide bonds. The summed E-state index contributed by atoms with van der Waals surface area (Å²) in [4.78, 5) is 22.5. The first-order valence-electron chi connectivity index (χ1n) is 18.2. The SMILES string of the molecule is [Pt+2].[Pt+2].[c-]1c(Oc2[c-]c3c(cc2)c2ccc(Oc4[c-]c(-c5ncccc5-c5ccccc5)ccc4)[c-]c2n3-c2ncncn2)cccc1-c1ncccc1-c1ccccc1. The van der Waals surface area contributed by atoms with Crippen LogP contribution in [0.5, 0.6) is 23.0 Å². The number of hydrogen-bond donors (Lipinski definition) is 0. The second-order valence-electron chi connectivity index (χ2n) is 13.0. The van der Waals surface area contributed by atoms with E-state index in [1.165, 1.54) is 12.7 Å². The van der Waals surface area contributed by atoms with Crippen LogP contribution in [-0.4, -0.2) is 29.5 Å². The monoisotopic (exact) mass is 1120 g/mol. The Labute approximate surface area is 369 Å². The van der Waals surface area contributed by atoms with Crippen LogP contribution >= 0.6 is 0 Å². The van der Waals surface area contributed by atoms with Gasteiger partial charge in [0.05, 0.1) is 0 Å². The van der Waals surface area contributed by atoms with Gasteiger partial charge in [-0.1, -0.05) is 96.0 Å². The van der Waals surface area contributed by atoms with Crippen molar-refractivity contribution >= 4 is 21.8 Å². The first-order chi connectivity index (χ1) is 28.2. The van der Waals surface area contributed by atoms with Crippen molar-refractivity contribution < 1.29 is 51.6 Å². The van der Waals surface area contributed by atoms with Gasteiger partial charge in [-0.05, 0) is 45.8 Å². The number of nitrogens with zero attached hydrogens (tertiary/aromatic N) is 6. The summed E-state index contributed by atoms with van der Waals surface area (Å²) >= 11 is 0. The first-order valence-corrected chi connectivity index (χ1v) is 18.2. The smallest absolute Gasteiger partial charge is 0.503 e. The molecular weight excluding hydrogens is 1090 g/mol. The minimum absolute atomic E-state index is 0. The van der Waals surface area contributed by atoms with E-state index < -0.39 is 0 Å². The van der Waals surface area contributed by atoms with Crippen molar-refractivity contribution in [3.05, 3.63) is 195 Å². The van der Waals surface area contributed by atoms with Gasteiger partial charge < -0.3 is 24.0 Å². The topological polar surface area (TPSA) is 87.8 Å². The summed E-state index contributed by atoms with van der Waals surface area (Å²) in [6.07, 6.45) is 6.50. The molecule has 4 heterocycles. The Morgan fingerprint density at radius 3 is 1.34 bits per heavy atom. The van der Waals surface area contributed by atoms with Crippen molar-refractivity contribution in [2.45, 2.75) is 0 Å². The van der Waals surface area contributed by atoms with Crippen LogP contribution in [0.3, 0.4) is 0 Å². The number of rotatable bonds is 9. The van der Waals surface area contributed by atoms with Crippen molar-refractivity contribution in [1.82, 2.24) is 29.5 Å². The van der Waals surface area contributed by atoms with Crippen LogP contribution in [0.25, 0.3) is 72.5 Å². The molecule has 0 saturated heterocycles. The van der Waals surface area contributed by atoms with Crippen molar-refractivity contribution in [2.24, 2.45) is 0 Å². The molecule has 0 saturated carbocycles. The molecule has 0 aliphatic rings. The van der Waals surface area contributed by atoms with Crippen LogP contribution in [0, 0.1) is 24.3 Å². The summed E-state index contributed by atoms with van der Waals surface area (Å²) < 4.78 is 14.7. The van der Waals surface area contributed by atoms with Crippen LogP contribution in [0.15, 0.2) is 171 Å². The molecule has 8 nitrogen and oxygen atoms in total. The molecule has 0 radical (unpaired) electrons. The number of hydrogen-bond acceptors (Lipinski definition) is 7. The molecule has 10 rings (SSSR count). The van der Waals surface area contributed by atoms with Crippen molar-refractivity contribution in [3.8, 4) is 73.7 Å². The van der Waals surface area contributed by atoms with E-state index in [-0.39, 0.29) is 42.1 Å². The van der Waals surface area contributed by atoms with Gasteiger partial charge in [0.2, 0.25) is 5.95 Å². The average molecular weight is 1120 g/mol. The molecule has 0 spiro atoms. The Hall–Kier alpha value is -6.59. The molecule has 0 bridgehead atoms. The largest absolute Gasteiger partial charge is 2.00 e. The maximum absolute atomic E-state index is 6.42. The van der Waals surface area contributed by atoms with E-state index in [2.05, 4.69) is 75.6 Å². The Morgan fingerprint density at radius 1 is 0.407 bits per heavy atom. The van der Waals surface area contributed by atoms with Gasteiger partial charge in [-0.25, -0.2) is 15.0 Å². The molecular formula is C49H28N6O2Pt2. The predicted molar refractivity (Wildman–Crippen MR) is 220 cm³/mol. The standard InChI is InChI=1S/C49H28N6O2.2Pt/c1-3-11-33(12-4-1)41-19-9-25-51-47(41)35-15-7-17-37(27-35)56-39-21-23-43-44-24-22-40(30-46(44)55(45(43)29-39)49-53-31-50-32-54-49)57-38-18-8-16-36(28-38)48-42(20-10-26-52-48)34-13-5-2-6-14-34;;/h1-26,31-32H;;/q-4;2*+2.